The molecular formula is C12H11ClFNO. The molecule has 1 aromatic heterocycles. The van der Waals surface area contributed by atoms with Crippen molar-refractivity contribution in [3.05, 3.63) is 58.1 Å². The Morgan fingerprint density at radius 3 is 2.31 bits per heavy atom. The second-order valence-corrected chi connectivity index (χ2v) is 3.42. The molecule has 16 heavy (non-hydrogen) atoms. The summed E-state index contributed by atoms with van der Waals surface area (Å²) in [6.45, 7) is 1.81. The molecule has 0 fully saturated rings. The lowest BCUT2D eigenvalue weighted by Gasteiger charge is -2.02. The molecule has 0 spiro atoms. The van der Waals surface area contributed by atoms with E-state index in [2.05, 4.69) is 4.98 Å². The van der Waals surface area contributed by atoms with Crippen molar-refractivity contribution in [2.75, 3.05) is 0 Å². The van der Waals surface area contributed by atoms with Crippen LogP contribution in [0.4, 0.5) is 4.39 Å². The van der Waals surface area contributed by atoms with Gasteiger partial charge < -0.3 is 4.98 Å². The highest BCUT2D eigenvalue weighted by Gasteiger charge is 2.00. The first-order valence-electron chi connectivity index (χ1n) is 4.62. The number of benzene rings is 1. The first kappa shape index (κ1) is 12.5. The number of hydrogen-bond acceptors (Lipinski definition) is 1. The summed E-state index contributed by atoms with van der Waals surface area (Å²) in [5, 5.41) is 0. The number of rotatable bonds is 1. The molecule has 0 aliphatic rings. The van der Waals surface area contributed by atoms with Crippen molar-refractivity contribution in [1.29, 1.82) is 0 Å². The average molecular weight is 240 g/mol. The van der Waals surface area contributed by atoms with Gasteiger partial charge in [0.25, 0.3) is 0 Å². The van der Waals surface area contributed by atoms with Gasteiger partial charge in [-0.15, -0.1) is 12.4 Å². The summed E-state index contributed by atoms with van der Waals surface area (Å²) in [6, 6.07) is 9.04. The number of hydrogen-bond donors (Lipinski definition) is 1. The third kappa shape index (κ3) is 2.70. The molecule has 1 heterocycles. The highest BCUT2D eigenvalue weighted by molar-refractivity contribution is 5.85. The summed E-state index contributed by atoms with van der Waals surface area (Å²) in [4.78, 5) is 14.3. The molecule has 2 aromatic rings. The Balaban J connectivity index is 0.00000128. The van der Waals surface area contributed by atoms with E-state index in [-0.39, 0.29) is 23.7 Å². The molecule has 84 valence electrons. The van der Waals surface area contributed by atoms with Crippen molar-refractivity contribution in [2.24, 2.45) is 0 Å². The fourth-order valence-corrected chi connectivity index (χ4v) is 1.47. The number of pyridine rings is 1. The summed E-state index contributed by atoms with van der Waals surface area (Å²) in [7, 11) is 0. The van der Waals surface area contributed by atoms with Gasteiger partial charge in [0.2, 0.25) is 0 Å². The maximum Gasteiger partial charge on any atom is 0.182 e. The van der Waals surface area contributed by atoms with Gasteiger partial charge in [-0.2, -0.15) is 0 Å². The van der Waals surface area contributed by atoms with Crippen LogP contribution < -0.4 is 5.43 Å². The molecule has 4 heteroatoms. The Kier molecular flexibility index (Phi) is 3.85. The lowest BCUT2D eigenvalue weighted by Crippen LogP contribution is -2.01. The van der Waals surface area contributed by atoms with Crippen LogP contribution in [0.1, 0.15) is 5.69 Å². The standard InChI is InChI=1S/C12H10FNO.ClH/c1-8-6-11(15)7-12(14-8)9-2-4-10(13)5-3-9;/h2-7H,1H3,(H,14,15);1H. The smallest absolute Gasteiger partial charge is 0.182 e. The maximum atomic E-state index is 12.7. The van der Waals surface area contributed by atoms with Gasteiger partial charge in [-0.05, 0) is 36.8 Å². The molecule has 0 atom stereocenters. The fraction of sp³-hybridized carbons (Fsp3) is 0.0833. The van der Waals surface area contributed by atoms with E-state index >= 15 is 0 Å². The number of nitrogens with one attached hydrogen (secondary N) is 1. The topological polar surface area (TPSA) is 32.9 Å². The van der Waals surface area contributed by atoms with E-state index in [9.17, 15) is 9.18 Å². The SMILES string of the molecule is Cc1cc(=O)cc(-c2ccc(F)cc2)[nH]1.Cl. The van der Waals surface area contributed by atoms with Crippen molar-refractivity contribution in [3.63, 3.8) is 0 Å². The van der Waals surface area contributed by atoms with E-state index in [0.717, 1.165) is 11.3 Å². The van der Waals surface area contributed by atoms with Crippen LogP contribution in [0.3, 0.4) is 0 Å². The van der Waals surface area contributed by atoms with Gasteiger partial charge in [0, 0.05) is 23.5 Å². The number of aromatic amines is 1. The zero-order chi connectivity index (χ0) is 10.8. The van der Waals surface area contributed by atoms with Crippen molar-refractivity contribution in [2.45, 2.75) is 6.92 Å². The van der Waals surface area contributed by atoms with Gasteiger partial charge in [0.15, 0.2) is 5.43 Å². The van der Waals surface area contributed by atoms with Gasteiger partial charge >= 0.3 is 0 Å². The molecule has 1 aromatic carbocycles. The van der Waals surface area contributed by atoms with Crippen molar-refractivity contribution in [1.82, 2.24) is 4.98 Å². The minimum Gasteiger partial charge on any atom is -0.358 e. The Labute approximate surface area is 98.6 Å². The van der Waals surface area contributed by atoms with E-state index < -0.39 is 0 Å². The lowest BCUT2D eigenvalue weighted by atomic mass is 10.1. The van der Waals surface area contributed by atoms with Crippen molar-refractivity contribution in [3.8, 4) is 11.3 Å². The third-order valence-corrected chi connectivity index (χ3v) is 2.13. The Morgan fingerprint density at radius 1 is 1.12 bits per heavy atom. The van der Waals surface area contributed by atoms with E-state index in [1.165, 1.54) is 24.3 Å². The highest BCUT2D eigenvalue weighted by atomic mass is 35.5. The number of aryl methyl sites for hydroxylation is 1. The molecule has 0 radical (unpaired) electrons. The second-order valence-electron chi connectivity index (χ2n) is 3.42. The molecule has 1 N–H and O–H groups in total. The number of H-pyrrole nitrogens is 1. The van der Waals surface area contributed by atoms with Crippen LogP contribution in [0.5, 0.6) is 0 Å². The van der Waals surface area contributed by atoms with Crippen LogP contribution in [0.15, 0.2) is 41.2 Å². The Morgan fingerprint density at radius 2 is 1.75 bits per heavy atom. The summed E-state index contributed by atoms with van der Waals surface area (Å²) in [5.74, 6) is -0.284. The van der Waals surface area contributed by atoms with Crippen LogP contribution >= 0.6 is 12.4 Å². The molecule has 0 aliphatic heterocycles. The normalized spacial score (nSPS) is 9.62. The summed E-state index contributed by atoms with van der Waals surface area (Å²) < 4.78 is 12.7. The molecule has 0 aliphatic carbocycles. The predicted molar refractivity (Wildman–Crippen MR) is 64.4 cm³/mol. The van der Waals surface area contributed by atoms with E-state index in [0.29, 0.717) is 5.69 Å². The number of aromatic nitrogens is 1. The minimum atomic E-state index is -0.284. The second kappa shape index (κ2) is 4.94. The summed E-state index contributed by atoms with van der Waals surface area (Å²) in [5.41, 5.74) is 2.25. The molecule has 0 unspecified atom stereocenters. The third-order valence-electron chi connectivity index (χ3n) is 2.13. The summed E-state index contributed by atoms with van der Waals surface area (Å²) >= 11 is 0. The molecule has 0 saturated heterocycles. The lowest BCUT2D eigenvalue weighted by molar-refractivity contribution is 0.628. The molecule has 0 bridgehead atoms. The maximum absolute atomic E-state index is 12.7. The first-order valence-corrected chi connectivity index (χ1v) is 4.62. The Hall–Kier alpha value is -1.61. The fourth-order valence-electron chi connectivity index (χ4n) is 1.47. The molecule has 0 amide bonds. The van der Waals surface area contributed by atoms with E-state index in [1.54, 1.807) is 12.1 Å². The zero-order valence-electron chi connectivity index (χ0n) is 8.66. The van der Waals surface area contributed by atoms with Crippen LogP contribution in [-0.4, -0.2) is 4.98 Å². The van der Waals surface area contributed by atoms with Crippen LogP contribution in [-0.2, 0) is 0 Å². The molecule has 2 rings (SSSR count). The van der Waals surface area contributed by atoms with Gasteiger partial charge in [0.05, 0.1) is 0 Å². The van der Waals surface area contributed by atoms with Crippen LogP contribution in [0.25, 0.3) is 11.3 Å². The average Bonchev–Trinajstić information content (AvgIpc) is 2.17. The van der Waals surface area contributed by atoms with E-state index in [1.807, 2.05) is 6.92 Å². The molecule has 0 saturated carbocycles. The van der Waals surface area contributed by atoms with Gasteiger partial charge in [-0.1, -0.05) is 0 Å². The number of halogens is 2. The van der Waals surface area contributed by atoms with Gasteiger partial charge in [-0.25, -0.2) is 4.39 Å². The quantitative estimate of drug-likeness (QED) is 0.816. The highest BCUT2D eigenvalue weighted by Crippen LogP contribution is 2.15. The zero-order valence-corrected chi connectivity index (χ0v) is 9.48. The van der Waals surface area contributed by atoms with Gasteiger partial charge in [-0.3, -0.25) is 4.79 Å². The monoisotopic (exact) mass is 239 g/mol. The Bertz CT molecular complexity index is 533. The largest absolute Gasteiger partial charge is 0.358 e. The molecule has 2 nitrogen and oxygen atoms in total. The minimum absolute atomic E-state index is 0. The molecular weight excluding hydrogens is 229 g/mol. The van der Waals surface area contributed by atoms with Gasteiger partial charge in [0.1, 0.15) is 5.82 Å². The first-order chi connectivity index (χ1) is 7.15. The predicted octanol–water partition coefficient (Wildman–Crippen LogP) is 2.91. The van der Waals surface area contributed by atoms with Crippen molar-refractivity contribution >= 4 is 12.4 Å². The van der Waals surface area contributed by atoms with E-state index in [4.69, 9.17) is 0 Å². The van der Waals surface area contributed by atoms with Crippen LogP contribution in [0.2, 0.25) is 0 Å². The van der Waals surface area contributed by atoms with Crippen molar-refractivity contribution < 1.29 is 4.39 Å². The summed E-state index contributed by atoms with van der Waals surface area (Å²) in [6.07, 6.45) is 0. The van der Waals surface area contributed by atoms with Crippen LogP contribution in [0, 0.1) is 12.7 Å².